The summed E-state index contributed by atoms with van der Waals surface area (Å²) in [6, 6.07) is 17.7. The number of hydrogen-bond acceptors (Lipinski definition) is 0. The van der Waals surface area contributed by atoms with Crippen molar-refractivity contribution >= 4 is 22.6 Å². The second-order valence-corrected chi connectivity index (χ2v) is 5.95. The lowest BCUT2D eigenvalue weighted by Gasteiger charge is -2.13. The standard InChI is InChI=1S/C21H15O/c1-22-14-9-10-15-13(11-14)12-20-17-6-3-2-5-16(17)19-8-4-7-18(15)21(19)20/h2-10,12H,11H2,1H3/q+1. The number of rotatable bonds is 0. The van der Waals surface area contributed by atoms with Gasteiger partial charge in [-0.2, -0.15) is 0 Å². The number of ketones is 1. The van der Waals surface area contributed by atoms with Crippen molar-refractivity contribution < 1.29 is 4.42 Å². The minimum atomic E-state index is 0.873. The fraction of sp³-hybridized carbons (Fsp3) is 0.0952. The maximum absolute atomic E-state index is 5.45. The van der Waals surface area contributed by atoms with Crippen LogP contribution in [-0.2, 0) is 10.8 Å². The first-order valence-corrected chi connectivity index (χ1v) is 7.63. The molecule has 0 unspecified atom stereocenters. The van der Waals surface area contributed by atoms with Crippen molar-refractivity contribution in [2.24, 2.45) is 0 Å². The van der Waals surface area contributed by atoms with E-state index in [2.05, 4.69) is 60.7 Å². The van der Waals surface area contributed by atoms with Crippen LogP contribution < -0.4 is 0 Å². The minimum Gasteiger partial charge on any atom is -0.262 e. The zero-order valence-corrected chi connectivity index (χ0v) is 12.4. The van der Waals surface area contributed by atoms with E-state index in [4.69, 9.17) is 4.42 Å². The van der Waals surface area contributed by atoms with Gasteiger partial charge in [-0.25, -0.2) is 0 Å². The number of benzene rings is 3. The van der Waals surface area contributed by atoms with Crippen LogP contribution in [0.3, 0.4) is 0 Å². The minimum absolute atomic E-state index is 0.873. The van der Waals surface area contributed by atoms with E-state index < -0.39 is 0 Å². The van der Waals surface area contributed by atoms with Crippen molar-refractivity contribution in [2.45, 2.75) is 6.42 Å². The predicted molar refractivity (Wildman–Crippen MR) is 92.0 cm³/mol. The molecule has 1 nitrogen and oxygen atoms in total. The van der Waals surface area contributed by atoms with E-state index in [1.807, 2.05) is 0 Å². The summed E-state index contributed by atoms with van der Waals surface area (Å²) in [7, 11) is 1.75. The van der Waals surface area contributed by atoms with Crippen molar-refractivity contribution in [2.75, 3.05) is 7.11 Å². The summed E-state index contributed by atoms with van der Waals surface area (Å²) in [5.74, 6) is 1.03. The van der Waals surface area contributed by atoms with Gasteiger partial charge in [0.25, 0.3) is 7.11 Å². The molecule has 0 N–H and O–H groups in total. The molecule has 5 rings (SSSR count). The summed E-state index contributed by atoms with van der Waals surface area (Å²) < 4.78 is 5.45. The maximum Gasteiger partial charge on any atom is 0.323 e. The largest absolute Gasteiger partial charge is 0.323 e. The first-order valence-electron chi connectivity index (χ1n) is 7.63. The molecular weight excluding hydrogens is 268 g/mol. The molecule has 0 aromatic heterocycles. The van der Waals surface area contributed by atoms with Gasteiger partial charge in [-0.05, 0) is 56.3 Å². The topological polar surface area (TPSA) is 11.3 Å². The molecule has 0 saturated carbocycles. The highest BCUT2D eigenvalue weighted by Crippen LogP contribution is 2.49. The molecule has 2 aliphatic carbocycles. The molecule has 22 heavy (non-hydrogen) atoms. The lowest BCUT2D eigenvalue weighted by molar-refractivity contribution is -0.420. The van der Waals surface area contributed by atoms with Crippen LogP contribution in [0.15, 0.2) is 54.6 Å². The van der Waals surface area contributed by atoms with Crippen LogP contribution in [0.5, 0.6) is 0 Å². The van der Waals surface area contributed by atoms with Crippen LogP contribution in [-0.4, -0.2) is 12.9 Å². The van der Waals surface area contributed by atoms with Gasteiger partial charge in [0.2, 0.25) is 0 Å². The predicted octanol–water partition coefficient (Wildman–Crippen LogP) is 4.79. The second-order valence-electron chi connectivity index (χ2n) is 5.95. The molecule has 1 heteroatoms. The van der Waals surface area contributed by atoms with Crippen LogP contribution in [0.2, 0.25) is 0 Å². The van der Waals surface area contributed by atoms with Crippen LogP contribution in [0.4, 0.5) is 0 Å². The molecule has 0 heterocycles. The van der Waals surface area contributed by atoms with Crippen LogP contribution in [0.1, 0.15) is 11.1 Å². The summed E-state index contributed by atoms with van der Waals surface area (Å²) in [5, 5.41) is 2.75. The Morgan fingerprint density at radius 1 is 0.818 bits per heavy atom. The molecule has 0 fully saturated rings. The summed E-state index contributed by atoms with van der Waals surface area (Å²) in [6.07, 6.45) is 5.17. The molecule has 3 aromatic rings. The Morgan fingerprint density at radius 3 is 2.41 bits per heavy atom. The summed E-state index contributed by atoms with van der Waals surface area (Å²) in [6.45, 7) is 0. The molecule has 2 aliphatic rings. The van der Waals surface area contributed by atoms with Crippen LogP contribution in [0, 0.1) is 0 Å². The number of carbonyl (C=O) groups excluding carboxylic acids is 1. The Hall–Kier alpha value is -2.67. The molecule has 3 aromatic carbocycles. The quantitative estimate of drug-likeness (QED) is 0.411. The van der Waals surface area contributed by atoms with Crippen molar-refractivity contribution in [1.29, 1.82) is 0 Å². The molecular formula is C21H15O+. The maximum atomic E-state index is 5.45. The summed E-state index contributed by atoms with van der Waals surface area (Å²) in [5.41, 5.74) is 8.13. The smallest absolute Gasteiger partial charge is 0.262 e. The zero-order chi connectivity index (χ0) is 14.7. The molecule has 0 bridgehead atoms. The van der Waals surface area contributed by atoms with E-state index in [-0.39, 0.29) is 0 Å². The van der Waals surface area contributed by atoms with E-state index >= 15 is 0 Å². The first-order chi connectivity index (χ1) is 10.9. The molecule has 0 atom stereocenters. The Bertz CT molecular complexity index is 1010. The van der Waals surface area contributed by atoms with Gasteiger partial charge in [-0.15, -0.1) is 0 Å². The fourth-order valence-electron chi connectivity index (χ4n) is 3.86. The number of hydrogen-bond donors (Lipinski definition) is 0. The third-order valence-electron chi connectivity index (χ3n) is 4.86. The lowest BCUT2D eigenvalue weighted by Crippen LogP contribution is -2.08. The number of fused-ring (bicyclic) bond motifs is 5. The van der Waals surface area contributed by atoms with E-state index in [9.17, 15) is 0 Å². The fourth-order valence-corrected chi connectivity index (χ4v) is 3.86. The third-order valence-corrected chi connectivity index (χ3v) is 4.86. The highest BCUT2D eigenvalue weighted by Gasteiger charge is 2.26. The number of allylic oxidation sites excluding steroid dienone is 1. The molecule has 104 valence electrons. The van der Waals surface area contributed by atoms with Gasteiger partial charge < -0.3 is 0 Å². The van der Waals surface area contributed by atoms with Crippen molar-refractivity contribution in [1.82, 2.24) is 0 Å². The lowest BCUT2D eigenvalue weighted by atomic mass is 9.88. The van der Waals surface area contributed by atoms with Crippen LogP contribution >= 0.6 is 0 Å². The average molecular weight is 283 g/mol. The van der Waals surface area contributed by atoms with Crippen LogP contribution in [0.25, 0.3) is 39.1 Å². The molecule has 0 saturated heterocycles. The molecule has 0 spiro atoms. The van der Waals surface area contributed by atoms with Gasteiger partial charge in [0.1, 0.15) is 0 Å². The van der Waals surface area contributed by atoms with Gasteiger partial charge >= 0.3 is 5.78 Å². The van der Waals surface area contributed by atoms with Gasteiger partial charge in [-0.1, -0.05) is 42.5 Å². The van der Waals surface area contributed by atoms with E-state index in [0.717, 1.165) is 12.2 Å². The summed E-state index contributed by atoms with van der Waals surface area (Å²) >= 11 is 0. The highest BCUT2D eigenvalue weighted by molar-refractivity contribution is 6.18. The van der Waals surface area contributed by atoms with Gasteiger partial charge in [0.15, 0.2) is 0 Å². The molecule has 0 amide bonds. The van der Waals surface area contributed by atoms with E-state index in [0.29, 0.717) is 0 Å². The van der Waals surface area contributed by atoms with Crippen molar-refractivity contribution in [3.05, 3.63) is 65.7 Å². The monoisotopic (exact) mass is 283 g/mol. The third kappa shape index (κ3) is 1.41. The second kappa shape index (κ2) is 4.17. The highest BCUT2D eigenvalue weighted by atomic mass is 16.4. The molecule has 0 aliphatic heterocycles. The Labute approximate surface area is 129 Å². The van der Waals surface area contributed by atoms with Gasteiger partial charge in [0.05, 0.1) is 6.42 Å². The molecule has 0 radical (unpaired) electrons. The Kier molecular flexibility index (Phi) is 2.26. The van der Waals surface area contributed by atoms with Gasteiger partial charge in [-0.3, -0.25) is 4.42 Å². The van der Waals surface area contributed by atoms with Gasteiger partial charge in [0, 0.05) is 6.08 Å². The average Bonchev–Trinajstić information content (AvgIpc) is 2.90. The first kappa shape index (κ1) is 11.9. The van der Waals surface area contributed by atoms with E-state index in [1.165, 1.54) is 44.2 Å². The van der Waals surface area contributed by atoms with E-state index in [1.54, 1.807) is 7.11 Å². The zero-order valence-electron chi connectivity index (χ0n) is 12.4. The van der Waals surface area contributed by atoms with Crippen molar-refractivity contribution in [3.63, 3.8) is 0 Å². The SMILES string of the molecule is C[O+]=C1C=Cc2c(cc3c4c(cccc24)-c2ccccc2-3)C1. The Balaban J connectivity index is 1.94. The Morgan fingerprint density at radius 2 is 1.59 bits per heavy atom. The summed E-state index contributed by atoms with van der Waals surface area (Å²) in [4.78, 5) is 0. The normalized spacial score (nSPS) is 16.1. The van der Waals surface area contributed by atoms with Crippen molar-refractivity contribution in [3.8, 4) is 22.3 Å².